The summed E-state index contributed by atoms with van der Waals surface area (Å²) < 4.78 is 26.4. The number of nitrogens with zero attached hydrogens (tertiary/aromatic N) is 1. The molecule has 1 rings (SSSR count). The molecule has 0 aliphatic carbocycles. The monoisotopic (exact) mass is 251 g/mol. The SMILES string of the molecule is COc1ncc(S(=O)(=O)Cl)cc1C(=O)O. The minimum atomic E-state index is -3.99. The van der Waals surface area contributed by atoms with Crippen LogP contribution in [0.1, 0.15) is 10.4 Å². The van der Waals surface area contributed by atoms with E-state index in [-0.39, 0.29) is 16.3 Å². The lowest BCUT2D eigenvalue weighted by molar-refractivity contribution is 0.0692. The number of aromatic carboxylic acids is 1. The van der Waals surface area contributed by atoms with E-state index in [2.05, 4.69) is 9.72 Å². The summed E-state index contributed by atoms with van der Waals surface area (Å²) in [6.07, 6.45) is 0.924. The van der Waals surface area contributed by atoms with Crippen LogP contribution in [0.4, 0.5) is 0 Å². The molecule has 1 aromatic rings. The smallest absolute Gasteiger partial charge is 0.341 e. The maximum atomic E-state index is 10.9. The van der Waals surface area contributed by atoms with Crippen LogP contribution in [0.5, 0.6) is 5.88 Å². The molecule has 0 radical (unpaired) electrons. The third kappa shape index (κ3) is 2.57. The van der Waals surface area contributed by atoms with Gasteiger partial charge in [0.1, 0.15) is 10.5 Å². The van der Waals surface area contributed by atoms with Gasteiger partial charge in [-0.3, -0.25) is 0 Å². The molecule has 15 heavy (non-hydrogen) atoms. The fourth-order valence-corrected chi connectivity index (χ4v) is 1.57. The van der Waals surface area contributed by atoms with Crippen LogP contribution in [0, 0.1) is 0 Å². The summed E-state index contributed by atoms with van der Waals surface area (Å²) in [5.74, 6) is -1.52. The van der Waals surface area contributed by atoms with Gasteiger partial charge >= 0.3 is 5.97 Å². The predicted molar refractivity (Wildman–Crippen MR) is 50.8 cm³/mol. The molecule has 0 amide bonds. The fraction of sp³-hybridized carbons (Fsp3) is 0.143. The van der Waals surface area contributed by atoms with Crippen molar-refractivity contribution in [3.63, 3.8) is 0 Å². The number of hydrogen-bond acceptors (Lipinski definition) is 5. The zero-order chi connectivity index (χ0) is 11.6. The molecule has 0 saturated heterocycles. The maximum Gasteiger partial charge on any atom is 0.341 e. The summed E-state index contributed by atoms with van der Waals surface area (Å²) >= 11 is 0. The van der Waals surface area contributed by atoms with Crippen LogP contribution in [0.3, 0.4) is 0 Å². The largest absolute Gasteiger partial charge is 0.480 e. The van der Waals surface area contributed by atoms with E-state index < -0.39 is 15.0 Å². The second-order valence-corrected chi connectivity index (χ2v) is 5.04. The van der Waals surface area contributed by atoms with Gasteiger partial charge in [-0.15, -0.1) is 0 Å². The van der Waals surface area contributed by atoms with Crippen molar-refractivity contribution in [3.8, 4) is 5.88 Å². The number of hydrogen-bond donors (Lipinski definition) is 1. The topological polar surface area (TPSA) is 93.6 Å². The second kappa shape index (κ2) is 4.03. The number of pyridine rings is 1. The van der Waals surface area contributed by atoms with Gasteiger partial charge in [-0.25, -0.2) is 18.2 Å². The summed E-state index contributed by atoms with van der Waals surface area (Å²) in [6, 6.07) is 0.885. The Kier molecular flexibility index (Phi) is 3.15. The molecule has 8 heteroatoms. The number of methoxy groups -OCH3 is 1. The first-order valence-electron chi connectivity index (χ1n) is 3.58. The number of aromatic nitrogens is 1. The van der Waals surface area contributed by atoms with Gasteiger partial charge in [0.25, 0.3) is 9.05 Å². The van der Waals surface area contributed by atoms with E-state index in [1.807, 2.05) is 0 Å². The minimum Gasteiger partial charge on any atom is -0.480 e. The first-order valence-corrected chi connectivity index (χ1v) is 5.89. The summed E-state index contributed by atoms with van der Waals surface area (Å²) in [4.78, 5) is 13.8. The summed E-state index contributed by atoms with van der Waals surface area (Å²) in [5.41, 5.74) is -0.362. The van der Waals surface area contributed by atoms with Gasteiger partial charge in [-0.2, -0.15) is 0 Å². The zero-order valence-corrected chi connectivity index (χ0v) is 9.04. The lowest BCUT2D eigenvalue weighted by Crippen LogP contribution is -2.04. The Morgan fingerprint density at radius 3 is 2.60 bits per heavy atom. The average Bonchev–Trinajstić information content (AvgIpc) is 2.15. The van der Waals surface area contributed by atoms with E-state index in [1.165, 1.54) is 7.11 Å². The predicted octanol–water partition coefficient (Wildman–Crippen LogP) is 0.716. The number of ether oxygens (including phenoxy) is 1. The minimum absolute atomic E-state index is 0.174. The third-order valence-electron chi connectivity index (χ3n) is 1.53. The van der Waals surface area contributed by atoms with Crippen molar-refractivity contribution in [2.75, 3.05) is 7.11 Å². The first kappa shape index (κ1) is 11.7. The molecule has 1 aromatic heterocycles. The maximum absolute atomic E-state index is 10.9. The Bertz CT molecular complexity index is 498. The van der Waals surface area contributed by atoms with Crippen molar-refractivity contribution in [3.05, 3.63) is 17.8 Å². The lowest BCUT2D eigenvalue weighted by Gasteiger charge is -2.04. The van der Waals surface area contributed by atoms with Gasteiger partial charge in [-0.1, -0.05) is 0 Å². The van der Waals surface area contributed by atoms with Crippen molar-refractivity contribution < 1.29 is 23.1 Å². The van der Waals surface area contributed by atoms with E-state index in [0.717, 1.165) is 12.3 Å². The molecule has 0 aliphatic rings. The van der Waals surface area contributed by atoms with Crippen LogP contribution in [0.25, 0.3) is 0 Å². The van der Waals surface area contributed by atoms with E-state index in [9.17, 15) is 13.2 Å². The molecule has 0 aromatic carbocycles. The van der Waals surface area contributed by atoms with Crippen LogP contribution < -0.4 is 4.74 Å². The Morgan fingerprint density at radius 2 is 2.20 bits per heavy atom. The van der Waals surface area contributed by atoms with Crippen molar-refractivity contribution in [1.29, 1.82) is 0 Å². The van der Waals surface area contributed by atoms with Crippen molar-refractivity contribution in [2.24, 2.45) is 0 Å². The highest BCUT2D eigenvalue weighted by molar-refractivity contribution is 8.13. The summed E-state index contributed by atoms with van der Waals surface area (Å²) in [5, 5.41) is 8.73. The van der Waals surface area contributed by atoms with Crippen molar-refractivity contribution >= 4 is 25.7 Å². The van der Waals surface area contributed by atoms with Gasteiger partial charge < -0.3 is 9.84 Å². The van der Waals surface area contributed by atoms with Gasteiger partial charge in [0.2, 0.25) is 5.88 Å². The highest BCUT2D eigenvalue weighted by Gasteiger charge is 2.18. The molecule has 6 nitrogen and oxygen atoms in total. The van der Waals surface area contributed by atoms with Crippen molar-refractivity contribution in [1.82, 2.24) is 4.98 Å². The van der Waals surface area contributed by atoms with Crippen molar-refractivity contribution in [2.45, 2.75) is 4.90 Å². The number of carboxylic acid groups (broad SMARTS) is 1. The molecule has 1 heterocycles. The van der Waals surface area contributed by atoms with E-state index in [0.29, 0.717) is 0 Å². The van der Waals surface area contributed by atoms with Gasteiger partial charge in [0.15, 0.2) is 0 Å². The van der Waals surface area contributed by atoms with Crippen LogP contribution in [0.2, 0.25) is 0 Å². The van der Waals surface area contributed by atoms with Gasteiger partial charge in [0, 0.05) is 10.7 Å². The third-order valence-corrected chi connectivity index (χ3v) is 2.85. The van der Waals surface area contributed by atoms with E-state index in [4.69, 9.17) is 15.8 Å². The number of carboxylic acids is 1. The van der Waals surface area contributed by atoms with Crippen LogP contribution in [0.15, 0.2) is 17.2 Å². The number of carbonyl (C=O) groups is 1. The zero-order valence-electron chi connectivity index (χ0n) is 7.47. The highest BCUT2D eigenvalue weighted by atomic mass is 35.7. The molecule has 0 spiro atoms. The molecule has 0 fully saturated rings. The fourth-order valence-electron chi connectivity index (χ4n) is 0.882. The van der Waals surface area contributed by atoms with Crippen LogP contribution >= 0.6 is 10.7 Å². The van der Waals surface area contributed by atoms with Gasteiger partial charge in [0.05, 0.1) is 13.3 Å². The van der Waals surface area contributed by atoms with E-state index >= 15 is 0 Å². The molecule has 82 valence electrons. The Labute approximate surface area is 89.9 Å². The molecule has 0 atom stereocenters. The Balaban J connectivity index is 3.42. The van der Waals surface area contributed by atoms with E-state index in [1.54, 1.807) is 0 Å². The van der Waals surface area contributed by atoms with Gasteiger partial charge in [-0.05, 0) is 6.07 Å². The molecule has 0 saturated carbocycles. The molecule has 1 N–H and O–H groups in total. The Hall–Kier alpha value is -1.34. The molecule has 0 aliphatic heterocycles. The lowest BCUT2D eigenvalue weighted by atomic mass is 10.3. The molecular formula is C7H6ClNO5S. The summed E-state index contributed by atoms with van der Waals surface area (Å²) in [7, 11) is 2.26. The summed E-state index contributed by atoms with van der Waals surface area (Å²) in [6.45, 7) is 0. The van der Waals surface area contributed by atoms with Crippen LogP contribution in [-0.4, -0.2) is 31.6 Å². The highest BCUT2D eigenvalue weighted by Crippen LogP contribution is 2.21. The number of halogens is 1. The number of rotatable bonds is 3. The normalized spacial score (nSPS) is 11.1. The second-order valence-electron chi connectivity index (χ2n) is 2.47. The molecule has 0 bridgehead atoms. The standard InChI is InChI=1S/C7H6ClNO5S/c1-14-6-5(7(10)11)2-4(3-9-6)15(8,12)13/h2-3H,1H3,(H,10,11). The quantitative estimate of drug-likeness (QED) is 0.796. The van der Waals surface area contributed by atoms with Crippen LogP contribution in [-0.2, 0) is 9.05 Å². The average molecular weight is 252 g/mol. The molecule has 0 unspecified atom stereocenters. The Morgan fingerprint density at radius 1 is 1.60 bits per heavy atom. The molecular weight excluding hydrogens is 246 g/mol. The first-order chi connectivity index (χ1) is 6.86.